The van der Waals surface area contributed by atoms with Crippen LogP contribution in [0.2, 0.25) is 0 Å². The van der Waals surface area contributed by atoms with Crippen molar-refractivity contribution < 1.29 is 17.9 Å². The van der Waals surface area contributed by atoms with Gasteiger partial charge in [0.25, 0.3) is 0 Å². The van der Waals surface area contributed by atoms with Crippen LogP contribution in [0.3, 0.4) is 0 Å². The zero-order chi connectivity index (χ0) is 20.3. The van der Waals surface area contributed by atoms with Gasteiger partial charge in [0.15, 0.2) is 0 Å². The van der Waals surface area contributed by atoms with E-state index < -0.39 is 11.7 Å². The molecule has 4 nitrogen and oxygen atoms in total. The van der Waals surface area contributed by atoms with Crippen molar-refractivity contribution in [2.45, 2.75) is 18.7 Å². The Kier molecular flexibility index (Phi) is 5.49. The highest BCUT2D eigenvalue weighted by molar-refractivity contribution is 5.44. The van der Waals surface area contributed by atoms with Crippen molar-refractivity contribution in [2.75, 3.05) is 24.6 Å². The number of rotatable bonds is 4. The average Bonchev–Trinajstić information content (AvgIpc) is 2.74. The van der Waals surface area contributed by atoms with Crippen LogP contribution >= 0.6 is 0 Å². The quantitative estimate of drug-likeness (QED) is 0.639. The van der Waals surface area contributed by atoms with Gasteiger partial charge in [-0.15, -0.1) is 0 Å². The molecule has 0 bridgehead atoms. The fourth-order valence-electron chi connectivity index (χ4n) is 3.53. The number of halogens is 3. The third-order valence-electron chi connectivity index (χ3n) is 4.93. The third kappa shape index (κ3) is 4.56. The largest absolute Gasteiger partial charge is 0.416 e. The molecule has 1 aromatic carbocycles. The number of pyridine rings is 2. The molecule has 0 aliphatic carbocycles. The van der Waals surface area contributed by atoms with Crippen LogP contribution in [0.5, 0.6) is 0 Å². The van der Waals surface area contributed by atoms with E-state index in [-0.39, 0.29) is 18.1 Å². The summed E-state index contributed by atoms with van der Waals surface area (Å²) in [5.41, 5.74) is 1.91. The third-order valence-corrected chi connectivity index (χ3v) is 4.93. The van der Waals surface area contributed by atoms with Crippen molar-refractivity contribution >= 4 is 5.69 Å². The second-order valence-corrected chi connectivity index (χ2v) is 6.90. The summed E-state index contributed by atoms with van der Waals surface area (Å²) in [5, 5.41) is 0. The van der Waals surface area contributed by atoms with E-state index in [1.165, 1.54) is 12.1 Å². The molecular formula is C22H20F3N3O. The van der Waals surface area contributed by atoms with Gasteiger partial charge in [0, 0.05) is 24.9 Å². The minimum Gasteiger partial charge on any atom is -0.368 e. The molecule has 1 saturated heterocycles. The van der Waals surface area contributed by atoms with Gasteiger partial charge in [-0.05, 0) is 35.9 Å². The Morgan fingerprint density at radius 2 is 1.90 bits per heavy atom. The fourth-order valence-corrected chi connectivity index (χ4v) is 3.53. The molecule has 0 radical (unpaired) electrons. The van der Waals surface area contributed by atoms with E-state index in [1.54, 1.807) is 24.5 Å². The van der Waals surface area contributed by atoms with Crippen LogP contribution in [-0.4, -0.2) is 29.7 Å². The second kappa shape index (κ2) is 8.21. The molecule has 0 amide bonds. The number of aromatic nitrogens is 2. The van der Waals surface area contributed by atoms with Gasteiger partial charge in [-0.25, -0.2) is 0 Å². The highest BCUT2D eigenvalue weighted by Crippen LogP contribution is 2.33. The van der Waals surface area contributed by atoms with Crippen molar-refractivity contribution in [1.29, 1.82) is 0 Å². The predicted molar refractivity (Wildman–Crippen MR) is 104 cm³/mol. The van der Waals surface area contributed by atoms with Crippen LogP contribution < -0.4 is 4.90 Å². The highest BCUT2D eigenvalue weighted by atomic mass is 19.4. The van der Waals surface area contributed by atoms with Crippen molar-refractivity contribution in [3.8, 4) is 0 Å². The maximum atomic E-state index is 13.3. The Labute approximate surface area is 167 Å². The van der Waals surface area contributed by atoms with E-state index in [1.807, 2.05) is 24.3 Å². The number of alkyl halides is 3. The summed E-state index contributed by atoms with van der Waals surface area (Å²) < 4.78 is 45.7. The van der Waals surface area contributed by atoms with Gasteiger partial charge in [0.05, 0.1) is 36.3 Å². The van der Waals surface area contributed by atoms with E-state index in [2.05, 4.69) is 14.9 Å². The van der Waals surface area contributed by atoms with Crippen molar-refractivity contribution in [1.82, 2.24) is 9.97 Å². The van der Waals surface area contributed by atoms with Crippen LogP contribution in [0, 0.1) is 0 Å². The maximum absolute atomic E-state index is 13.3. The van der Waals surface area contributed by atoms with Gasteiger partial charge < -0.3 is 9.64 Å². The number of benzene rings is 1. The lowest BCUT2D eigenvalue weighted by Crippen LogP contribution is -2.38. The zero-order valence-corrected chi connectivity index (χ0v) is 15.6. The number of ether oxygens (including phenoxy) is 1. The lowest BCUT2D eigenvalue weighted by Gasteiger charge is -2.34. The number of anilines is 1. The number of hydrogen-bond donors (Lipinski definition) is 0. The van der Waals surface area contributed by atoms with Crippen molar-refractivity contribution in [3.63, 3.8) is 0 Å². The van der Waals surface area contributed by atoms with Crippen LogP contribution in [0.25, 0.3) is 0 Å². The van der Waals surface area contributed by atoms with E-state index in [0.717, 1.165) is 24.0 Å². The molecule has 7 heteroatoms. The molecule has 1 atom stereocenters. The Hall–Kier alpha value is -2.93. The molecule has 0 saturated carbocycles. The second-order valence-electron chi connectivity index (χ2n) is 6.90. The summed E-state index contributed by atoms with van der Waals surface area (Å²) in [6.45, 7) is 1.91. The minimum atomic E-state index is -4.38. The standard InChI is InChI=1S/C22H20F3N3O/c23-22(24,25)19-8-2-1-5-16(19)13-17-6-3-9-20(27-17)21-15-28(11-12-29-21)18-7-4-10-26-14-18/h1-10,14,21H,11-13,15H2. The molecule has 150 valence electrons. The molecule has 0 N–H and O–H groups in total. The first kappa shape index (κ1) is 19.4. The molecule has 2 aromatic heterocycles. The van der Waals surface area contributed by atoms with Crippen LogP contribution in [0.1, 0.15) is 28.6 Å². The number of morpholine rings is 1. The molecule has 0 spiro atoms. The van der Waals surface area contributed by atoms with Gasteiger partial charge in [0.2, 0.25) is 0 Å². The average molecular weight is 399 g/mol. The smallest absolute Gasteiger partial charge is 0.368 e. The Balaban J connectivity index is 1.54. The lowest BCUT2D eigenvalue weighted by molar-refractivity contribution is -0.138. The van der Waals surface area contributed by atoms with Crippen LogP contribution in [-0.2, 0) is 17.3 Å². The van der Waals surface area contributed by atoms with Gasteiger partial charge >= 0.3 is 6.18 Å². The first-order valence-corrected chi connectivity index (χ1v) is 9.38. The fraction of sp³-hybridized carbons (Fsp3) is 0.273. The monoisotopic (exact) mass is 399 g/mol. The lowest BCUT2D eigenvalue weighted by atomic mass is 10.0. The molecular weight excluding hydrogens is 379 g/mol. The summed E-state index contributed by atoms with van der Waals surface area (Å²) >= 11 is 0. The van der Waals surface area contributed by atoms with E-state index >= 15 is 0 Å². The van der Waals surface area contributed by atoms with Gasteiger partial charge in [0.1, 0.15) is 6.10 Å². The molecule has 4 rings (SSSR count). The maximum Gasteiger partial charge on any atom is 0.416 e. The van der Waals surface area contributed by atoms with Crippen LogP contribution in [0.4, 0.5) is 18.9 Å². The molecule has 3 heterocycles. The summed E-state index contributed by atoms with van der Waals surface area (Å²) in [7, 11) is 0. The minimum absolute atomic E-state index is 0.114. The Morgan fingerprint density at radius 1 is 1.03 bits per heavy atom. The van der Waals surface area contributed by atoms with E-state index in [9.17, 15) is 13.2 Å². The summed E-state index contributed by atoms with van der Waals surface area (Å²) in [5.74, 6) is 0. The summed E-state index contributed by atoms with van der Waals surface area (Å²) in [6.07, 6.45) is -0.985. The van der Waals surface area contributed by atoms with Crippen molar-refractivity contribution in [2.24, 2.45) is 0 Å². The van der Waals surface area contributed by atoms with Gasteiger partial charge in [-0.2, -0.15) is 13.2 Å². The summed E-state index contributed by atoms with van der Waals surface area (Å²) in [6, 6.07) is 14.9. The normalized spacial score (nSPS) is 17.3. The first-order valence-electron chi connectivity index (χ1n) is 9.38. The summed E-state index contributed by atoms with van der Waals surface area (Å²) in [4.78, 5) is 10.9. The molecule has 1 aliphatic rings. The molecule has 1 fully saturated rings. The zero-order valence-electron chi connectivity index (χ0n) is 15.6. The Bertz CT molecular complexity index is 963. The van der Waals surface area contributed by atoms with Crippen molar-refractivity contribution in [3.05, 3.63) is 89.5 Å². The molecule has 29 heavy (non-hydrogen) atoms. The topological polar surface area (TPSA) is 38.2 Å². The number of nitrogens with zero attached hydrogens (tertiary/aromatic N) is 3. The van der Waals surface area contributed by atoms with E-state index in [4.69, 9.17) is 4.74 Å². The Morgan fingerprint density at radius 3 is 2.69 bits per heavy atom. The molecule has 3 aromatic rings. The molecule has 1 aliphatic heterocycles. The van der Waals surface area contributed by atoms with Crippen LogP contribution in [0.15, 0.2) is 67.0 Å². The van der Waals surface area contributed by atoms with Gasteiger partial charge in [-0.3, -0.25) is 9.97 Å². The first-order chi connectivity index (χ1) is 14.0. The van der Waals surface area contributed by atoms with E-state index in [0.29, 0.717) is 18.8 Å². The predicted octanol–water partition coefficient (Wildman–Crippen LogP) is 4.66. The highest BCUT2D eigenvalue weighted by Gasteiger charge is 2.33. The molecule has 1 unspecified atom stereocenters. The SMILES string of the molecule is FC(F)(F)c1ccccc1Cc1cccc(C2CN(c3cccnc3)CCO2)n1. The number of hydrogen-bond acceptors (Lipinski definition) is 4. The van der Waals surface area contributed by atoms with Gasteiger partial charge in [-0.1, -0.05) is 24.3 Å².